The molecule has 0 fully saturated rings. The van der Waals surface area contributed by atoms with Crippen LogP contribution < -0.4 is 0 Å². The normalized spacial score (nSPS) is 12.1. The first kappa shape index (κ1) is 15.5. The van der Waals surface area contributed by atoms with E-state index in [0.717, 1.165) is 5.56 Å². The highest BCUT2D eigenvalue weighted by Gasteiger charge is 2.42. The van der Waals surface area contributed by atoms with Gasteiger partial charge < -0.3 is 9.84 Å². The predicted molar refractivity (Wildman–Crippen MR) is 70.6 cm³/mol. The monoisotopic (exact) mass is 277 g/mol. The van der Waals surface area contributed by atoms with Gasteiger partial charge in [0, 0.05) is 4.91 Å². The Kier molecular flexibility index (Phi) is 5.11. The Morgan fingerprint density at radius 1 is 1.40 bits per heavy atom. The fraction of sp³-hybridized carbons (Fsp3) is 0.385. The number of hydrogen-bond acceptors (Lipinski definition) is 4. The maximum Gasteiger partial charge on any atom is 0.313 e. The largest absolute Gasteiger partial charge is 0.481 e. The van der Waals surface area contributed by atoms with Crippen LogP contribution in [0, 0.1) is 5.41 Å². The topological polar surface area (TPSA) is 112 Å². The number of nitrogens with zero attached hydrogens (tertiary/aromatic N) is 3. The Balaban J connectivity index is 2.78. The van der Waals surface area contributed by atoms with Crippen LogP contribution in [0.5, 0.6) is 0 Å². The average Bonchev–Trinajstić information content (AvgIpc) is 2.42. The van der Waals surface area contributed by atoms with Gasteiger partial charge in [-0.25, -0.2) is 0 Å². The third-order valence-corrected chi connectivity index (χ3v) is 2.82. The molecule has 1 aromatic carbocycles. The fourth-order valence-corrected chi connectivity index (χ4v) is 1.57. The van der Waals surface area contributed by atoms with Crippen molar-refractivity contribution in [3.8, 4) is 0 Å². The maximum atomic E-state index is 12.0. The van der Waals surface area contributed by atoms with Crippen molar-refractivity contribution in [3.63, 3.8) is 0 Å². The summed E-state index contributed by atoms with van der Waals surface area (Å²) in [6.45, 7) is 2.77. The molecular weight excluding hydrogens is 262 g/mol. The first-order chi connectivity index (χ1) is 9.39. The van der Waals surface area contributed by atoms with Crippen molar-refractivity contribution in [3.05, 3.63) is 46.3 Å². The summed E-state index contributed by atoms with van der Waals surface area (Å²) in [7, 11) is 0. The number of ether oxygens (including phenoxy) is 1. The summed E-state index contributed by atoms with van der Waals surface area (Å²) in [5, 5.41) is 12.2. The molecule has 0 saturated carbocycles. The van der Waals surface area contributed by atoms with E-state index in [0.29, 0.717) is 0 Å². The molecule has 1 N–H and O–H groups in total. The van der Waals surface area contributed by atoms with Crippen molar-refractivity contribution in [2.45, 2.75) is 26.5 Å². The molecule has 0 amide bonds. The number of carbonyl (C=O) groups excluding carboxylic acids is 1. The Morgan fingerprint density at radius 2 is 2.00 bits per heavy atom. The number of azide groups is 1. The minimum absolute atomic E-state index is 0.0334. The number of esters is 1. The van der Waals surface area contributed by atoms with Gasteiger partial charge in [-0.05, 0) is 24.9 Å². The smallest absolute Gasteiger partial charge is 0.313 e. The third kappa shape index (κ3) is 3.73. The zero-order valence-corrected chi connectivity index (χ0v) is 11.2. The average molecular weight is 277 g/mol. The standard InChI is InChI=1S/C13H15N3O4/c1-13(2,10(11(17)18)15-16-14)12(19)20-8-9-6-4-3-5-7-9/h3-7,10H,8H2,1-2H3,(H,17,18)/t10-/m1/s1. The van der Waals surface area contributed by atoms with Crippen molar-refractivity contribution in [2.75, 3.05) is 0 Å². The van der Waals surface area contributed by atoms with E-state index in [1.54, 1.807) is 24.3 Å². The van der Waals surface area contributed by atoms with E-state index in [4.69, 9.17) is 15.4 Å². The SMILES string of the molecule is CC(C)(C(=O)OCc1ccccc1)[C@H](N=[N+]=[N-])C(=O)O. The second-order valence-corrected chi connectivity index (χ2v) is 4.73. The van der Waals surface area contributed by atoms with Crippen molar-refractivity contribution in [2.24, 2.45) is 10.5 Å². The minimum atomic E-state index is -1.52. The molecule has 0 aliphatic heterocycles. The molecule has 0 spiro atoms. The molecule has 1 rings (SSSR count). The van der Waals surface area contributed by atoms with E-state index in [9.17, 15) is 9.59 Å². The summed E-state index contributed by atoms with van der Waals surface area (Å²) in [5.41, 5.74) is 7.71. The molecule has 106 valence electrons. The second-order valence-electron chi connectivity index (χ2n) is 4.73. The number of hydrogen-bond donors (Lipinski definition) is 1. The van der Waals surface area contributed by atoms with Crippen LogP contribution in [-0.4, -0.2) is 23.1 Å². The molecule has 0 unspecified atom stereocenters. The number of carbonyl (C=O) groups is 2. The first-order valence-corrected chi connectivity index (χ1v) is 5.87. The second kappa shape index (κ2) is 6.58. The van der Waals surface area contributed by atoms with E-state index in [1.807, 2.05) is 6.07 Å². The predicted octanol–water partition coefficient (Wildman–Crippen LogP) is 2.52. The van der Waals surface area contributed by atoms with Crippen molar-refractivity contribution < 1.29 is 19.4 Å². The Hall–Kier alpha value is -2.53. The summed E-state index contributed by atoms with van der Waals surface area (Å²) in [6, 6.07) is 7.47. The molecule has 0 radical (unpaired) electrons. The number of rotatable bonds is 6. The van der Waals surface area contributed by atoms with Crippen LogP contribution in [0.15, 0.2) is 35.4 Å². The lowest BCUT2D eigenvalue weighted by Gasteiger charge is -2.25. The van der Waals surface area contributed by atoms with E-state index in [2.05, 4.69) is 10.0 Å². The number of carboxylic acid groups (broad SMARTS) is 1. The van der Waals surface area contributed by atoms with Crippen LogP contribution in [0.4, 0.5) is 0 Å². The molecule has 0 aliphatic rings. The molecule has 1 aromatic rings. The summed E-state index contributed by atoms with van der Waals surface area (Å²) in [5.74, 6) is -2.11. The summed E-state index contributed by atoms with van der Waals surface area (Å²) in [4.78, 5) is 25.5. The van der Waals surface area contributed by atoms with E-state index < -0.39 is 23.4 Å². The van der Waals surface area contributed by atoms with Crippen molar-refractivity contribution >= 4 is 11.9 Å². The lowest BCUT2D eigenvalue weighted by Crippen LogP contribution is -2.42. The summed E-state index contributed by atoms with van der Waals surface area (Å²) in [6.07, 6.45) is 0. The van der Waals surface area contributed by atoms with Gasteiger partial charge in [-0.15, -0.1) is 0 Å². The lowest BCUT2D eigenvalue weighted by atomic mass is 9.85. The van der Waals surface area contributed by atoms with E-state index >= 15 is 0 Å². The van der Waals surface area contributed by atoms with Gasteiger partial charge in [-0.1, -0.05) is 35.4 Å². The number of carboxylic acids is 1. The van der Waals surface area contributed by atoms with Crippen LogP contribution in [0.2, 0.25) is 0 Å². The molecule has 0 bridgehead atoms. The lowest BCUT2D eigenvalue weighted by molar-refractivity contribution is -0.161. The fourth-order valence-electron chi connectivity index (χ4n) is 1.57. The van der Waals surface area contributed by atoms with Crippen molar-refractivity contribution in [1.82, 2.24) is 0 Å². The highest BCUT2D eigenvalue weighted by Crippen LogP contribution is 2.26. The van der Waals surface area contributed by atoms with Crippen LogP contribution >= 0.6 is 0 Å². The minimum Gasteiger partial charge on any atom is -0.481 e. The van der Waals surface area contributed by atoms with Gasteiger partial charge in [0.15, 0.2) is 6.04 Å². The molecule has 7 nitrogen and oxygen atoms in total. The van der Waals surface area contributed by atoms with Gasteiger partial charge in [0.1, 0.15) is 6.61 Å². The van der Waals surface area contributed by atoms with Gasteiger partial charge in [0.25, 0.3) is 0 Å². The van der Waals surface area contributed by atoms with Crippen molar-refractivity contribution in [1.29, 1.82) is 0 Å². The van der Waals surface area contributed by atoms with Gasteiger partial charge in [-0.3, -0.25) is 9.59 Å². The molecule has 0 aliphatic carbocycles. The zero-order valence-electron chi connectivity index (χ0n) is 11.2. The molecule has 1 atom stereocenters. The number of aliphatic carboxylic acids is 1. The van der Waals surface area contributed by atoms with Crippen LogP contribution in [0.3, 0.4) is 0 Å². The number of benzene rings is 1. The Bertz CT molecular complexity index is 534. The van der Waals surface area contributed by atoms with Crippen LogP contribution in [0.1, 0.15) is 19.4 Å². The molecule has 0 aromatic heterocycles. The third-order valence-electron chi connectivity index (χ3n) is 2.82. The van der Waals surface area contributed by atoms with Crippen LogP contribution in [0.25, 0.3) is 10.4 Å². The zero-order chi connectivity index (χ0) is 15.2. The summed E-state index contributed by atoms with van der Waals surface area (Å²) < 4.78 is 5.08. The first-order valence-electron chi connectivity index (χ1n) is 5.87. The molecule has 0 heterocycles. The Morgan fingerprint density at radius 3 is 2.50 bits per heavy atom. The molecular formula is C13H15N3O4. The molecule has 0 saturated heterocycles. The highest BCUT2D eigenvalue weighted by molar-refractivity contribution is 5.86. The summed E-state index contributed by atoms with van der Waals surface area (Å²) >= 11 is 0. The quantitative estimate of drug-likeness (QED) is 0.372. The molecule has 20 heavy (non-hydrogen) atoms. The van der Waals surface area contributed by atoms with Gasteiger partial charge in [-0.2, -0.15) is 0 Å². The van der Waals surface area contributed by atoms with Gasteiger partial charge in [0.05, 0.1) is 5.41 Å². The highest BCUT2D eigenvalue weighted by atomic mass is 16.5. The van der Waals surface area contributed by atoms with Gasteiger partial charge in [0.2, 0.25) is 0 Å². The maximum absolute atomic E-state index is 12.0. The molecule has 7 heteroatoms. The Labute approximate surface area is 115 Å². The van der Waals surface area contributed by atoms with Gasteiger partial charge >= 0.3 is 11.9 Å². The van der Waals surface area contributed by atoms with E-state index in [1.165, 1.54) is 13.8 Å². The van der Waals surface area contributed by atoms with E-state index in [-0.39, 0.29) is 6.61 Å². The van der Waals surface area contributed by atoms with Crippen LogP contribution in [-0.2, 0) is 20.9 Å².